The van der Waals surface area contributed by atoms with Crippen molar-refractivity contribution >= 4 is 5.91 Å². The van der Waals surface area contributed by atoms with Crippen LogP contribution in [0.15, 0.2) is 24.3 Å². The van der Waals surface area contributed by atoms with Gasteiger partial charge in [0.1, 0.15) is 5.75 Å². The Balaban J connectivity index is 1.92. The maximum Gasteiger partial charge on any atom is 0.260 e. The van der Waals surface area contributed by atoms with Crippen LogP contribution < -0.4 is 10.1 Å². The molecule has 0 bridgehead atoms. The van der Waals surface area contributed by atoms with Crippen LogP contribution in [0.1, 0.15) is 19.4 Å². The molecule has 0 spiro atoms. The zero-order valence-corrected chi connectivity index (χ0v) is 11.7. The minimum absolute atomic E-state index is 0.0694. The summed E-state index contributed by atoms with van der Waals surface area (Å²) in [6.07, 6.45) is 0.911. The van der Waals surface area contributed by atoms with E-state index in [-0.39, 0.29) is 18.6 Å². The largest absolute Gasteiger partial charge is 0.483 e. The predicted octanol–water partition coefficient (Wildman–Crippen LogP) is 1.45. The average molecular weight is 262 g/mol. The number of ether oxygens (including phenoxy) is 1. The summed E-state index contributed by atoms with van der Waals surface area (Å²) in [5, 5.41) is 3.28. The molecule has 0 aromatic heterocycles. The number of benzene rings is 1. The maximum atomic E-state index is 12.2. The summed E-state index contributed by atoms with van der Waals surface area (Å²) in [7, 11) is 0. The number of rotatable bonds is 4. The van der Waals surface area contributed by atoms with Crippen LogP contribution in [0.3, 0.4) is 0 Å². The summed E-state index contributed by atoms with van der Waals surface area (Å²) in [6, 6.07) is 8.13. The molecule has 1 aromatic carbocycles. The van der Waals surface area contributed by atoms with Crippen molar-refractivity contribution in [3.63, 3.8) is 0 Å². The Kier molecular flexibility index (Phi) is 4.80. The average Bonchev–Trinajstić information content (AvgIpc) is 2.45. The monoisotopic (exact) mass is 262 g/mol. The van der Waals surface area contributed by atoms with Crippen LogP contribution in [0.25, 0.3) is 0 Å². The van der Waals surface area contributed by atoms with Crippen molar-refractivity contribution in [3.05, 3.63) is 29.8 Å². The van der Waals surface area contributed by atoms with E-state index in [1.807, 2.05) is 29.2 Å². The number of piperazine rings is 1. The summed E-state index contributed by atoms with van der Waals surface area (Å²) in [4.78, 5) is 14.0. The molecule has 2 rings (SSSR count). The number of aryl methyl sites for hydroxylation is 1. The van der Waals surface area contributed by atoms with E-state index >= 15 is 0 Å². The minimum Gasteiger partial charge on any atom is -0.483 e. The standard InChI is InChI=1S/C15H22N2O2/c1-3-13-6-4-5-7-14(13)19-11-15(18)17-9-8-16-10-12(17)2/h4-7,12,16H,3,8-11H2,1-2H3/t12-/m0/s1. The van der Waals surface area contributed by atoms with E-state index < -0.39 is 0 Å². The summed E-state index contributed by atoms with van der Waals surface area (Å²) in [6.45, 7) is 6.76. The Morgan fingerprint density at radius 1 is 1.47 bits per heavy atom. The molecular weight excluding hydrogens is 240 g/mol. The van der Waals surface area contributed by atoms with Crippen molar-refractivity contribution in [1.82, 2.24) is 10.2 Å². The number of carbonyl (C=O) groups excluding carboxylic acids is 1. The van der Waals surface area contributed by atoms with Crippen LogP contribution in [-0.2, 0) is 11.2 Å². The Hall–Kier alpha value is -1.55. The van der Waals surface area contributed by atoms with Crippen molar-refractivity contribution in [2.75, 3.05) is 26.2 Å². The summed E-state index contributed by atoms with van der Waals surface area (Å²) < 4.78 is 5.68. The zero-order valence-electron chi connectivity index (χ0n) is 11.7. The van der Waals surface area contributed by atoms with Crippen molar-refractivity contribution in [3.8, 4) is 5.75 Å². The normalized spacial score (nSPS) is 19.3. The number of amides is 1. The van der Waals surface area contributed by atoms with Crippen LogP contribution in [0, 0.1) is 0 Å². The van der Waals surface area contributed by atoms with Gasteiger partial charge in [0.15, 0.2) is 6.61 Å². The van der Waals surface area contributed by atoms with Crippen molar-refractivity contribution < 1.29 is 9.53 Å². The van der Waals surface area contributed by atoms with Crippen molar-refractivity contribution in [1.29, 1.82) is 0 Å². The minimum atomic E-state index is 0.0694. The van der Waals surface area contributed by atoms with Gasteiger partial charge in [-0.15, -0.1) is 0 Å². The fraction of sp³-hybridized carbons (Fsp3) is 0.533. The molecule has 1 fully saturated rings. The maximum absolute atomic E-state index is 12.2. The topological polar surface area (TPSA) is 41.6 Å². The molecule has 0 saturated carbocycles. The third kappa shape index (κ3) is 3.47. The quantitative estimate of drug-likeness (QED) is 0.893. The fourth-order valence-electron chi connectivity index (χ4n) is 2.37. The number of carbonyl (C=O) groups is 1. The van der Waals surface area contributed by atoms with Gasteiger partial charge >= 0.3 is 0 Å². The van der Waals surface area contributed by atoms with E-state index in [2.05, 4.69) is 19.2 Å². The number of nitrogens with zero attached hydrogens (tertiary/aromatic N) is 1. The highest BCUT2D eigenvalue weighted by Crippen LogP contribution is 2.18. The highest BCUT2D eigenvalue weighted by molar-refractivity contribution is 5.78. The third-order valence-corrected chi connectivity index (χ3v) is 3.53. The first-order valence-corrected chi connectivity index (χ1v) is 6.93. The van der Waals surface area contributed by atoms with Crippen LogP contribution in [0.4, 0.5) is 0 Å². The van der Waals surface area contributed by atoms with E-state index in [1.165, 1.54) is 0 Å². The van der Waals surface area contributed by atoms with Gasteiger partial charge in [-0.25, -0.2) is 0 Å². The Labute approximate surface area is 114 Å². The SMILES string of the molecule is CCc1ccccc1OCC(=O)N1CCNC[C@@H]1C. The first-order valence-electron chi connectivity index (χ1n) is 6.93. The molecule has 1 aliphatic heterocycles. The Morgan fingerprint density at radius 2 is 2.26 bits per heavy atom. The lowest BCUT2D eigenvalue weighted by Gasteiger charge is -2.33. The van der Waals surface area contributed by atoms with Gasteiger partial charge in [0.2, 0.25) is 0 Å². The van der Waals surface area contributed by atoms with E-state index in [4.69, 9.17) is 4.74 Å². The lowest BCUT2D eigenvalue weighted by atomic mass is 10.1. The molecule has 1 heterocycles. The Bertz CT molecular complexity index is 434. The molecule has 1 aromatic rings. The molecule has 0 aliphatic carbocycles. The molecule has 1 atom stereocenters. The fourth-order valence-corrected chi connectivity index (χ4v) is 2.37. The highest BCUT2D eigenvalue weighted by Gasteiger charge is 2.23. The highest BCUT2D eigenvalue weighted by atomic mass is 16.5. The molecule has 0 unspecified atom stereocenters. The molecule has 19 heavy (non-hydrogen) atoms. The number of para-hydroxylation sites is 1. The van der Waals surface area contributed by atoms with Gasteiger partial charge in [0.25, 0.3) is 5.91 Å². The molecule has 4 heteroatoms. The number of nitrogens with one attached hydrogen (secondary N) is 1. The number of hydrogen-bond donors (Lipinski definition) is 1. The number of hydrogen-bond acceptors (Lipinski definition) is 3. The lowest BCUT2D eigenvalue weighted by molar-refractivity contribution is -0.136. The van der Waals surface area contributed by atoms with Gasteiger partial charge in [0.05, 0.1) is 0 Å². The molecule has 4 nitrogen and oxygen atoms in total. The summed E-state index contributed by atoms with van der Waals surface area (Å²) >= 11 is 0. The smallest absolute Gasteiger partial charge is 0.260 e. The molecular formula is C15H22N2O2. The second-order valence-corrected chi connectivity index (χ2v) is 4.89. The van der Waals surface area contributed by atoms with Crippen LogP contribution >= 0.6 is 0 Å². The van der Waals surface area contributed by atoms with Gasteiger partial charge in [-0.1, -0.05) is 25.1 Å². The van der Waals surface area contributed by atoms with Gasteiger partial charge < -0.3 is 15.0 Å². The Morgan fingerprint density at radius 3 is 3.00 bits per heavy atom. The van der Waals surface area contributed by atoms with E-state index in [1.54, 1.807) is 0 Å². The lowest BCUT2D eigenvalue weighted by Crippen LogP contribution is -2.53. The summed E-state index contributed by atoms with van der Waals surface area (Å²) in [5.41, 5.74) is 1.14. The first-order chi connectivity index (χ1) is 9.22. The van der Waals surface area contributed by atoms with Gasteiger partial charge in [-0.2, -0.15) is 0 Å². The van der Waals surface area contributed by atoms with E-state index in [0.29, 0.717) is 0 Å². The second-order valence-electron chi connectivity index (χ2n) is 4.89. The predicted molar refractivity (Wildman–Crippen MR) is 75.4 cm³/mol. The van der Waals surface area contributed by atoms with Gasteiger partial charge in [0, 0.05) is 25.7 Å². The molecule has 1 N–H and O–H groups in total. The molecule has 0 radical (unpaired) electrons. The van der Waals surface area contributed by atoms with Gasteiger partial charge in [-0.05, 0) is 25.0 Å². The third-order valence-electron chi connectivity index (χ3n) is 3.53. The molecule has 1 amide bonds. The van der Waals surface area contributed by atoms with Crippen molar-refractivity contribution in [2.45, 2.75) is 26.3 Å². The van der Waals surface area contributed by atoms with E-state index in [0.717, 1.165) is 37.4 Å². The van der Waals surface area contributed by atoms with Crippen LogP contribution in [0.5, 0.6) is 5.75 Å². The summed E-state index contributed by atoms with van der Waals surface area (Å²) in [5.74, 6) is 0.890. The van der Waals surface area contributed by atoms with Crippen molar-refractivity contribution in [2.24, 2.45) is 0 Å². The molecule has 1 aliphatic rings. The molecule has 104 valence electrons. The van der Waals surface area contributed by atoms with Crippen LogP contribution in [0.2, 0.25) is 0 Å². The first kappa shape index (κ1) is 13.9. The zero-order chi connectivity index (χ0) is 13.7. The van der Waals surface area contributed by atoms with Gasteiger partial charge in [-0.3, -0.25) is 4.79 Å². The van der Waals surface area contributed by atoms with Crippen LogP contribution in [-0.4, -0.2) is 43.1 Å². The van der Waals surface area contributed by atoms with E-state index in [9.17, 15) is 4.79 Å². The second kappa shape index (κ2) is 6.57. The molecule has 1 saturated heterocycles.